The first-order valence-electron chi connectivity index (χ1n) is 4.01. The van der Waals surface area contributed by atoms with Crippen molar-refractivity contribution in [3.05, 3.63) is 17.2 Å². The zero-order chi connectivity index (χ0) is 11.7. The van der Waals surface area contributed by atoms with Gasteiger partial charge in [0.2, 0.25) is 11.0 Å². The molecular weight excluding hydrogens is 260 g/mol. The fourth-order valence-corrected chi connectivity index (χ4v) is 1.56. The second-order valence-electron chi connectivity index (χ2n) is 2.72. The number of hydrogen-bond donors (Lipinski definition) is 0. The van der Waals surface area contributed by atoms with Gasteiger partial charge in [-0.2, -0.15) is 8.87 Å². The van der Waals surface area contributed by atoms with Crippen LogP contribution in [0.5, 0.6) is 5.88 Å². The number of methoxy groups -OCH3 is 1. The largest absolute Gasteiger partial charge is 0.480 e. The Hall–Kier alpha value is -1.21. The molecule has 2 rings (SSSR count). The third-order valence-electron chi connectivity index (χ3n) is 1.85. The predicted molar refractivity (Wildman–Crippen MR) is 55.8 cm³/mol. The molecule has 0 saturated carbocycles. The van der Waals surface area contributed by atoms with Gasteiger partial charge < -0.3 is 4.74 Å². The molecule has 0 aliphatic heterocycles. The maximum absolute atomic E-state index is 13.6. The Labute approximate surface area is 98.3 Å². The van der Waals surface area contributed by atoms with Gasteiger partial charge in [0.25, 0.3) is 0 Å². The summed E-state index contributed by atoms with van der Waals surface area (Å²) in [7, 11) is 1.33. The predicted octanol–water partition coefficient (Wildman–Crippen LogP) is 2.80. The number of nitrogens with zero attached hydrogens (tertiary/aromatic N) is 3. The first-order valence-corrected chi connectivity index (χ1v) is 5.11. The minimum Gasteiger partial charge on any atom is -0.480 e. The van der Waals surface area contributed by atoms with Crippen LogP contribution >= 0.6 is 23.7 Å². The van der Waals surface area contributed by atoms with Crippen LogP contribution in [0, 0.1) is 5.82 Å². The van der Waals surface area contributed by atoms with E-state index < -0.39 is 5.82 Å². The van der Waals surface area contributed by atoms with E-state index in [0.29, 0.717) is 0 Å². The fourth-order valence-electron chi connectivity index (χ4n) is 1.18. The first-order chi connectivity index (χ1) is 7.67. The van der Waals surface area contributed by atoms with Crippen LogP contribution in [0.15, 0.2) is 11.4 Å². The Kier molecular flexibility index (Phi) is 3.06. The van der Waals surface area contributed by atoms with Crippen molar-refractivity contribution in [2.75, 3.05) is 7.11 Å². The molecule has 0 spiro atoms. The summed E-state index contributed by atoms with van der Waals surface area (Å²) in [5.41, 5.74) is -0.119. The molecule has 0 radical (unpaired) electrons. The molecule has 0 unspecified atom stereocenters. The van der Waals surface area contributed by atoms with E-state index >= 15 is 0 Å². The van der Waals surface area contributed by atoms with Crippen molar-refractivity contribution in [3.63, 3.8) is 0 Å². The second kappa shape index (κ2) is 4.34. The Morgan fingerprint density at radius 1 is 1.44 bits per heavy atom. The molecule has 0 bridgehead atoms. The highest BCUT2D eigenvalue weighted by Crippen LogP contribution is 2.29. The van der Waals surface area contributed by atoms with Gasteiger partial charge in [0.15, 0.2) is 11.0 Å². The van der Waals surface area contributed by atoms with Gasteiger partial charge in [0.05, 0.1) is 12.5 Å². The van der Waals surface area contributed by atoms with Crippen molar-refractivity contribution in [2.45, 2.75) is 5.16 Å². The second-order valence-corrected chi connectivity index (χ2v) is 3.60. The maximum atomic E-state index is 13.6. The third kappa shape index (κ3) is 1.76. The quantitative estimate of drug-likeness (QED) is 0.616. The van der Waals surface area contributed by atoms with Crippen LogP contribution in [-0.4, -0.2) is 22.1 Å². The monoisotopic (exact) mass is 263 g/mol. The molecule has 0 atom stereocenters. The molecule has 2 aromatic rings. The van der Waals surface area contributed by atoms with Gasteiger partial charge in [0.1, 0.15) is 17.7 Å². The van der Waals surface area contributed by atoms with Crippen molar-refractivity contribution >= 4 is 34.7 Å². The molecule has 0 N–H and O–H groups in total. The van der Waals surface area contributed by atoms with Crippen LogP contribution in [0.25, 0.3) is 10.9 Å². The summed E-state index contributed by atoms with van der Waals surface area (Å²) in [4.78, 5) is 11.0. The van der Waals surface area contributed by atoms with E-state index in [1.54, 1.807) is 0 Å². The van der Waals surface area contributed by atoms with E-state index in [0.717, 1.165) is 0 Å². The lowest BCUT2D eigenvalue weighted by atomic mass is 10.3. The minimum atomic E-state index is -0.824. The number of ether oxygens (including phenoxy) is 1. The van der Waals surface area contributed by atoms with Crippen LogP contribution in [0.2, 0.25) is 5.15 Å². The van der Waals surface area contributed by atoms with Crippen LogP contribution < -0.4 is 4.74 Å². The SMILES string of the molecule is COc1nc(SF)nc2c(F)c(Cl)ncc12. The lowest BCUT2D eigenvalue weighted by Gasteiger charge is -2.05. The van der Waals surface area contributed by atoms with Crippen molar-refractivity contribution in [2.24, 2.45) is 0 Å². The summed E-state index contributed by atoms with van der Waals surface area (Å²) in [6.07, 6.45) is 1.27. The standard InChI is InChI=1S/C8H4ClF2N3OS/c1-15-7-3-2-12-6(9)4(10)5(3)13-8(14-7)16-11/h2H,1H3. The number of pyridine rings is 1. The molecule has 0 amide bonds. The van der Waals surface area contributed by atoms with Gasteiger partial charge in [-0.05, 0) is 0 Å². The molecule has 84 valence electrons. The van der Waals surface area contributed by atoms with Gasteiger partial charge in [-0.25, -0.2) is 14.4 Å². The molecule has 0 aliphatic rings. The molecule has 2 heterocycles. The summed E-state index contributed by atoms with van der Waals surface area (Å²) < 4.78 is 30.8. The maximum Gasteiger partial charge on any atom is 0.226 e. The zero-order valence-corrected chi connectivity index (χ0v) is 9.44. The van der Waals surface area contributed by atoms with E-state index in [1.165, 1.54) is 13.3 Å². The number of halogens is 3. The summed E-state index contributed by atoms with van der Waals surface area (Å²) in [6.45, 7) is 0. The zero-order valence-electron chi connectivity index (χ0n) is 7.87. The van der Waals surface area contributed by atoms with E-state index in [1.807, 2.05) is 0 Å². The highest BCUT2D eigenvalue weighted by molar-refractivity contribution is 7.94. The van der Waals surface area contributed by atoms with E-state index in [9.17, 15) is 8.28 Å². The normalized spacial score (nSPS) is 10.8. The Morgan fingerprint density at radius 2 is 2.19 bits per heavy atom. The first kappa shape index (κ1) is 11.3. The van der Waals surface area contributed by atoms with Gasteiger partial charge >= 0.3 is 0 Å². The molecule has 8 heteroatoms. The van der Waals surface area contributed by atoms with Gasteiger partial charge in [-0.3, -0.25) is 0 Å². The molecule has 16 heavy (non-hydrogen) atoms. The number of rotatable bonds is 2. The van der Waals surface area contributed by atoms with Crippen molar-refractivity contribution in [1.82, 2.24) is 15.0 Å². The molecule has 2 aromatic heterocycles. The third-order valence-corrected chi connectivity index (χ3v) is 2.43. The average Bonchev–Trinajstić information content (AvgIpc) is 2.32. The number of fused-ring (bicyclic) bond motifs is 1. The number of hydrogen-bond acceptors (Lipinski definition) is 5. The van der Waals surface area contributed by atoms with Crippen LogP contribution in [0.3, 0.4) is 0 Å². The van der Waals surface area contributed by atoms with Crippen molar-refractivity contribution in [3.8, 4) is 5.88 Å². The Bertz CT molecular complexity index is 554. The van der Waals surface area contributed by atoms with E-state index in [4.69, 9.17) is 16.3 Å². The molecule has 0 saturated heterocycles. The van der Waals surface area contributed by atoms with Gasteiger partial charge in [-0.1, -0.05) is 11.6 Å². The highest BCUT2D eigenvalue weighted by Gasteiger charge is 2.15. The fraction of sp³-hybridized carbons (Fsp3) is 0.125. The number of aromatic nitrogens is 3. The summed E-state index contributed by atoms with van der Waals surface area (Å²) in [6, 6.07) is 0. The van der Waals surface area contributed by atoms with Crippen molar-refractivity contribution in [1.29, 1.82) is 0 Å². The van der Waals surface area contributed by atoms with Crippen LogP contribution in [-0.2, 0) is 0 Å². The molecule has 0 aromatic carbocycles. The minimum absolute atomic E-state index is 0.0493. The lowest BCUT2D eigenvalue weighted by Crippen LogP contribution is -1.97. The van der Waals surface area contributed by atoms with E-state index in [-0.39, 0.29) is 39.2 Å². The Morgan fingerprint density at radius 3 is 2.81 bits per heavy atom. The Balaban J connectivity index is 2.84. The van der Waals surface area contributed by atoms with E-state index in [2.05, 4.69) is 15.0 Å². The molecule has 0 fully saturated rings. The van der Waals surface area contributed by atoms with Gasteiger partial charge in [0, 0.05) is 6.20 Å². The van der Waals surface area contributed by atoms with Crippen molar-refractivity contribution < 1.29 is 13.0 Å². The molecule has 0 aliphatic carbocycles. The average molecular weight is 264 g/mol. The highest BCUT2D eigenvalue weighted by atomic mass is 35.5. The van der Waals surface area contributed by atoms with Crippen LogP contribution in [0.4, 0.5) is 8.28 Å². The smallest absolute Gasteiger partial charge is 0.226 e. The summed E-state index contributed by atoms with van der Waals surface area (Å²) >= 11 is 5.29. The summed E-state index contributed by atoms with van der Waals surface area (Å²) in [5, 5.41) is -0.337. The molecule has 4 nitrogen and oxygen atoms in total. The molecular formula is C8H4ClF2N3OS. The summed E-state index contributed by atoms with van der Waals surface area (Å²) in [5.74, 6) is -0.775. The van der Waals surface area contributed by atoms with Gasteiger partial charge in [-0.15, -0.1) is 0 Å². The van der Waals surface area contributed by atoms with Crippen LogP contribution in [0.1, 0.15) is 0 Å². The lowest BCUT2D eigenvalue weighted by molar-refractivity contribution is 0.398. The topological polar surface area (TPSA) is 47.9 Å².